The van der Waals surface area contributed by atoms with Crippen molar-refractivity contribution in [2.24, 2.45) is 17.8 Å². The molecule has 1 spiro atoms. The quantitative estimate of drug-likeness (QED) is 0.329. The Morgan fingerprint density at radius 2 is 1.89 bits per heavy atom. The number of carboxylic acids is 1. The van der Waals surface area contributed by atoms with Gasteiger partial charge in [-0.15, -0.1) is 0 Å². The Kier molecular flexibility index (Phi) is 12.3. The maximum Gasteiger partial charge on any atom is 0.490 e. The number of aryl methyl sites for hydroxylation is 1. The highest BCUT2D eigenvalue weighted by atomic mass is 35.5. The van der Waals surface area contributed by atoms with Crippen LogP contribution in [0.15, 0.2) is 48.6 Å². The highest BCUT2D eigenvalue weighted by Crippen LogP contribution is 2.47. The number of alkyl halides is 3. The van der Waals surface area contributed by atoms with Crippen molar-refractivity contribution in [1.82, 2.24) is 9.62 Å². The number of hydrogen-bond donors (Lipinski definition) is 2. The number of likely N-dealkylation sites (tertiary alicyclic amines) is 1. The van der Waals surface area contributed by atoms with Gasteiger partial charge in [-0.1, -0.05) is 36.7 Å². The van der Waals surface area contributed by atoms with Crippen LogP contribution in [0.5, 0.6) is 5.75 Å². The summed E-state index contributed by atoms with van der Waals surface area (Å²) in [6.45, 7) is 9.61. The number of carboxylic acid groups (broad SMARTS) is 1. The minimum atomic E-state index is -5.08. The zero-order chi connectivity index (χ0) is 38.8. The predicted molar refractivity (Wildman–Crippen MR) is 200 cm³/mol. The number of carbonyl (C=O) groups excluding carboxylic acids is 1. The Morgan fingerprint density at radius 1 is 1.13 bits per heavy atom. The SMILES string of the molecule is C[C@@H]1[C@@H](C)C/C=C/[C@H](OCCN2CCC2)[C@@H]2CC[C@H]2CN2C[C@@]3(CCCc4cc(Cl)ccc43)COc3ccc(cc32)C(=O)NS1(=O)=O.O=C(O)C(F)(F)F. The number of nitrogens with zero attached hydrogens (tertiary/aromatic N) is 2. The van der Waals surface area contributed by atoms with Crippen molar-refractivity contribution >= 4 is 39.2 Å². The van der Waals surface area contributed by atoms with Gasteiger partial charge in [-0.25, -0.2) is 17.9 Å². The number of rotatable bonds is 4. The van der Waals surface area contributed by atoms with E-state index in [0.29, 0.717) is 37.0 Å². The van der Waals surface area contributed by atoms with Crippen LogP contribution in [0.2, 0.25) is 5.02 Å². The van der Waals surface area contributed by atoms with Gasteiger partial charge in [-0.2, -0.15) is 13.2 Å². The molecule has 54 heavy (non-hydrogen) atoms. The second-order valence-electron chi connectivity index (χ2n) is 15.4. The summed E-state index contributed by atoms with van der Waals surface area (Å²) in [7, 11) is -3.90. The lowest BCUT2D eigenvalue weighted by molar-refractivity contribution is -0.192. The number of aliphatic carboxylic acids is 1. The van der Waals surface area contributed by atoms with Gasteiger partial charge in [-0.3, -0.25) is 4.79 Å². The van der Waals surface area contributed by atoms with Gasteiger partial charge in [0.1, 0.15) is 5.75 Å². The van der Waals surface area contributed by atoms with Crippen LogP contribution in [0.25, 0.3) is 0 Å². The molecule has 0 unspecified atom stereocenters. The number of halogens is 4. The van der Waals surface area contributed by atoms with E-state index in [1.54, 1.807) is 13.0 Å². The average molecular weight is 796 g/mol. The van der Waals surface area contributed by atoms with Crippen molar-refractivity contribution in [3.05, 3.63) is 70.3 Å². The highest BCUT2D eigenvalue weighted by molar-refractivity contribution is 7.90. The summed E-state index contributed by atoms with van der Waals surface area (Å²) < 4.78 is 74.1. The summed E-state index contributed by atoms with van der Waals surface area (Å²) in [5, 5.41) is 7.13. The molecule has 7 rings (SSSR count). The Balaban J connectivity index is 0.000000649. The van der Waals surface area contributed by atoms with Crippen molar-refractivity contribution < 1.29 is 45.8 Å². The minimum Gasteiger partial charge on any atom is -0.490 e. The number of allylic oxidation sites excluding steroid dienone is 1. The number of fused-ring (bicyclic) bond motifs is 4. The maximum atomic E-state index is 13.5. The normalized spacial score (nSPS) is 30.1. The zero-order valence-electron chi connectivity index (χ0n) is 30.6. The number of sulfonamides is 1. The Morgan fingerprint density at radius 3 is 2.56 bits per heavy atom. The molecule has 5 aliphatic rings. The Bertz CT molecular complexity index is 1840. The first kappa shape index (κ1) is 40.3. The second-order valence-corrected chi connectivity index (χ2v) is 17.9. The second kappa shape index (κ2) is 16.4. The van der Waals surface area contributed by atoms with Crippen molar-refractivity contribution in [2.75, 3.05) is 50.8 Å². The molecule has 2 bridgehead atoms. The van der Waals surface area contributed by atoms with Crippen LogP contribution in [0.4, 0.5) is 18.9 Å². The third-order valence-corrected chi connectivity index (χ3v) is 14.1. The molecule has 296 valence electrons. The van der Waals surface area contributed by atoms with E-state index in [1.807, 2.05) is 25.1 Å². The molecule has 15 heteroatoms. The third kappa shape index (κ3) is 9.03. The summed E-state index contributed by atoms with van der Waals surface area (Å²) in [5.74, 6) is -2.05. The van der Waals surface area contributed by atoms with Crippen LogP contribution >= 0.6 is 11.6 Å². The molecular formula is C39H49ClF3N3O7S. The van der Waals surface area contributed by atoms with E-state index in [2.05, 4.69) is 38.8 Å². The minimum absolute atomic E-state index is 0.0257. The molecule has 3 heterocycles. The van der Waals surface area contributed by atoms with E-state index < -0.39 is 33.3 Å². The number of benzene rings is 2. The van der Waals surface area contributed by atoms with Crippen molar-refractivity contribution in [1.29, 1.82) is 0 Å². The van der Waals surface area contributed by atoms with Gasteiger partial charge in [0.25, 0.3) is 5.91 Å². The van der Waals surface area contributed by atoms with Gasteiger partial charge >= 0.3 is 12.1 Å². The molecule has 2 aliphatic carbocycles. The lowest BCUT2D eigenvalue weighted by Crippen LogP contribution is -2.50. The standard InChI is InChI=1S/C37H48ClN3O5S.C2HF3O2/c1-25-6-3-8-34(45-19-18-40-16-5-17-40)31-12-9-29(31)22-41-23-37(15-4-7-27-20-30(38)11-13-32(27)37)24-46-35-14-10-28(21-33(35)41)36(42)39-47(43,44)26(25)2;3-2(4,5)1(6)7/h3,8,10-11,13-14,20-21,25-26,29,31,34H,4-7,9,12,15-19,22-24H2,1-2H3,(H,39,42);(H,6,7)/b8-3+;/t25-,26+,29-,31+,34-,37-;/m0./s1. The van der Waals surface area contributed by atoms with Gasteiger partial charge < -0.3 is 24.4 Å². The van der Waals surface area contributed by atoms with E-state index in [4.69, 9.17) is 31.0 Å². The van der Waals surface area contributed by atoms with Crippen LogP contribution in [0.3, 0.4) is 0 Å². The molecule has 0 radical (unpaired) electrons. The Hall–Kier alpha value is -3.33. The van der Waals surface area contributed by atoms with Gasteiger partial charge in [0.2, 0.25) is 10.0 Å². The van der Waals surface area contributed by atoms with Crippen molar-refractivity contribution in [2.45, 2.75) is 81.7 Å². The maximum absolute atomic E-state index is 13.5. The number of carbonyl (C=O) groups is 2. The fraction of sp³-hybridized carbons (Fsp3) is 0.590. The Labute approximate surface area is 320 Å². The van der Waals surface area contributed by atoms with E-state index in [0.717, 1.165) is 81.3 Å². The number of ether oxygens (including phenoxy) is 2. The highest BCUT2D eigenvalue weighted by Gasteiger charge is 2.45. The van der Waals surface area contributed by atoms with Crippen LogP contribution in [-0.4, -0.2) is 93.8 Å². The topological polar surface area (TPSA) is 125 Å². The van der Waals surface area contributed by atoms with Gasteiger partial charge in [0, 0.05) is 35.6 Å². The van der Waals surface area contributed by atoms with Gasteiger partial charge in [0.15, 0.2) is 0 Å². The fourth-order valence-corrected chi connectivity index (χ4v) is 9.72. The number of anilines is 1. The smallest absolute Gasteiger partial charge is 0.490 e. The molecule has 10 nitrogen and oxygen atoms in total. The first-order valence-electron chi connectivity index (χ1n) is 18.7. The summed E-state index contributed by atoms with van der Waals surface area (Å²) in [6, 6.07) is 11.6. The monoisotopic (exact) mass is 795 g/mol. The predicted octanol–water partition coefficient (Wildman–Crippen LogP) is 6.61. The van der Waals surface area contributed by atoms with E-state index in [1.165, 1.54) is 17.5 Å². The lowest BCUT2D eigenvalue weighted by Gasteiger charge is -2.46. The first-order valence-corrected chi connectivity index (χ1v) is 20.7. The molecule has 2 fully saturated rings. The van der Waals surface area contributed by atoms with Gasteiger partial charge in [-0.05, 0) is 124 Å². The summed E-state index contributed by atoms with van der Waals surface area (Å²) in [4.78, 5) is 27.2. The molecule has 2 aromatic carbocycles. The molecular weight excluding hydrogens is 747 g/mol. The largest absolute Gasteiger partial charge is 0.490 e. The molecule has 1 saturated carbocycles. The number of amides is 1. The summed E-state index contributed by atoms with van der Waals surface area (Å²) >= 11 is 6.45. The van der Waals surface area contributed by atoms with Crippen LogP contribution in [0, 0.1) is 17.8 Å². The molecule has 6 atom stereocenters. The van der Waals surface area contributed by atoms with Crippen molar-refractivity contribution in [3.63, 3.8) is 0 Å². The summed E-state index contributed by atoms with van der Waals surface area (Å²) in [5.41, 5.74) is 3.50. The number of nitrogens with one attached hydrogen (secondary N) is 1. The average Bonchev–Trinajstić information content (AvgIpc) is 3.23. The number of hydrogen-bond acceptors (Lipinski definition) is 8. The zero-order valence-corrected chi connectivity index (χ0v) is 32.2. The van der Waals surface area contributed by atoms with Gasteiger partial charge in [0.05, 0.1) is 30.3 Å². The lowest BCUT2D eigenvalue weighted by atomic mass is 9.68. The van der Waals surface area contributed by atoms with E-state index in [9.17, 15) is 26.4 Å². The molecule has 3 aliphatic heterocycles. The molecule has 2 aromatic rings. The first-order chi connectivity index (χ1) is 25.6. The summed E-state index contributed by atoms with van der Waals surface area (Å²) in [6.07, 6.45) is 6.28. The van der Waals surface area contributed by atoms with Crippen molar-refractivity contribution in [3.8, 4) is 5.75 Å². The van der Waals surface area contributed by atoms with Crippen LogP contribution < -0.4 is 14.4 Å². The molecule has 1 amide bonds. The fourth-order valence-electron chi connectivity index (χ4n) is 8.24. The van der Waals surface area contributed by atoms with E-state index in [-0.39, 0.29) is 17.4 Å². The van der Waals surface area contributed by atoms with E-state index >= 15 is 0 Å². The molecule has 0 aromatic heterocycles. The van der Waals surface area contributed by atoms with Crippen LogP contribution in [0.1, 0.15) is 73.9 Å². The molecule has 1 saturated heterocycles. The molecule has 2 N–H and O–H groups in total. The van der Waals surface area contributed by atoms with Crippen LogP contribution in [-0.2, 0) is 31.4 Å². The third-order valence-electron chi connectivity index (χ3n) is 11.9.